The molecule has 0 saturated heterocycles. The van der Waals surface area contributed by atoms with Gasteiger partial charge in [0.05, 0.1) is 4.90 Å². The summed E-state index contributed by atoms with van der Waals surface area (Å²) in [4.78, 5) is 4.35. The van der Waals surface area contributed by atoms with Gasteiger partial charge in [-0.1, -0.05) is 24.3 Å². The maximum absolute atomic E-state index is 12.4. The van der Waals surface area contributed by atoms with Gasteiger partial charge < -0.3 is 0 Å². The first-order chi connectivity index (χ1) is 8.53. The summed E-state index contributed by atoms with van der Waals surface area (Å²) in [6, 6.07) is 12.1. The molecule has 4 nitrogen and oxygen atoms in total. The first kappa shape index (κ1) is 12.6. The van der Waals surface area contributed by atoms with Crippen molar-refractivity contribution in [1.29, 1.82) is 0 Å². The third-order valence-corrected chi connectivity index (χ3v) is 4.63. The van der Waals surface area contributed by atoms with Gasteiger partial charge in [0.1, 0.15) is 5.82 Å². The molecular formula is C13H14N2O2S. The topological polar surface area (TPSA) is 50.3 Å². The summed E-state index contributed by atoms with van der Waals surface area (Å²) >= 11 is 0. The van der Waals surface area contributed by atoms with E-state index >= 15 is 0 Å². The molecule has 0 aliphatic rings. The van der Waals surface area contributed by atoms with Crippen molar-refractivity contribution in [3.63, 3.8) is 0 Å². The van der Waals surface area contributed by atoms with Crippen LogP contribution in [0.15, 0.2) is 53.6 Å². The highest BCUT2D eigenvalue weighted by atomic mass is 32.2. The van der Waals surface area contributed by atoms with Crippen LogP contribution in [0.3, 0.4) is 0 Å². The molecule has 0 radical (unpaired) electrons. The summed E-state index contributed by atoms with van der Waals surface area (Å²) in [5, 5.41) is 0. The molecule has 94 valence electrons. The van der Waals surface area contributed by atoms with Gasteiger partial charge in [-0.3, -0.25) is 4.31 Å². The normalized spacial score (nSPS) is 11.2. The minimum Gasteiger partial charge on any atom is -0.253 e. The summed E-state index contributed by atoms with van der Waals surface area (Å²) < 4.78 is 26.1. The van der Waals surface area contributed by atoms with E-state index in [-0.39, 0.29) is 0 Å². The van der Waals surface area contributed by atoms with E-state index in [9.17, 15) is 8.42 Å². The summed E-state index contributed by atoms with van der Waals surface area (Å²) in [6.45, 7) is 1.78. The average molecular weight is 262 g/mol. The number of hydrogen-bond donors (Lipinski definition) is 0. The molecule has 0 spiro atoms. The molecule has 0 amide bonds. The summed E-state index contributed by atoms with van der Waals surface area (Å²) in [5.74, 6) is 0.403. The van der Waals surface area contributed by atoms with E-state index in [1.807, 2.05) is 6.07 Å². The van der Waals surface area contributed by atoms with Gasteiger partial charge in [0.15, 0.2) is 0 Å². The second-order valence-electron chi connectivity index (χ2n) is 3.93. The molecule has 0 saturated carbocycles. The molecule has 1 aromatic heterocycles. The van der Waals surface area contributed by atoms with Gasteiger partial charge in [0.25, 0.3) is 10.0 Å². The fraction of sp³-hybridized carbons (Fsp3) is 0.154. The minimum absolute atomic E-state index is 0.304. The lowest BCUT2D eigenvalue weighted by Gasteiger charge is -2.19. The molecule has 1 heterocycles. The number of hydrogen-bond acceptors (Lipinski definition) is 3. The summed E-state index contributed by atoms with van der Waals surface area (Å²) in [6.07, 6.45) is 1.57. The van der Waals surface area contributed by atoms with E-state index < -0.39 is 10.0 Å². The van der Waals surface area contributed by atoms with Crippen LogP contribution in [0.2, 0.25) is 0 Å². The SMILES string of the molecule is Cc1ccccc1S(=O)(=O)N(C)c1ccccn1. The van der Waals surface area contributed by atoms with E-state index in [0.29, 0.717) is 10.7 Å². The van der Waals surface area contributed by atoms with Gasteiger partial charge in [-0.2, -0.15) is 0 Å². The molecule has 0 aliphatic heterocycles. The Bertz CT molecular complexity index is 639. The number of aryl methyl sites for hydroxylation is 1. The molecule has 2 aromatic rings. The number of aromatic nitrogens is 1. The van der Waals surface area contributed by atoms with E-state index in [2.05, 4.69) is 4.98 Å². The Morgan fingerprint density at radius 3 is 2.33 bits per heavy atom. The Morgan fingerprint density at radius 1 is 1.06 bits per heavy atom. The molecule has 0 bridgehead atoms. The lowest BCUT2D eigenvalue weighted by atomic mass is 10.2. The maximum atomic E-state index is 12.4. The van der Waals surface area contributed by atoms with Crippen LogP contribution >= 0.6 is 0 Å². The first-order valence-electron chi connectivity index (χ1n) is 5.49. The van der Waals surface area contributed by atoms with Crippen molar-refractivity contribution >= 4 is 15.8 Å². The monoisotopic (exact) mass is 262 g/mol. The van der Waals surface area contributed by atoms with Crippen LogP contribution in [-0.2, 0) is 10.0 Å². The number of benzene rings is 1. The Kier molecular flexibility index (Phi) is 3.34. The molecular weight excluding hydrogens is 248 g/mol. The van der Waals surface area contributed by atoms with Crippen molar-refractivity contribution in [2.24, 2.45) is 0 Å². The number of nitrogens with zero attached hydrogens (tertiary/aromatic N) is 2. The van der Waals surface area contributed by atoms with E-state index in [1.165, 1.54) is 11.4 Å². The predicted molar refractivity (Wildman–Crippen MR) is 71.0 cm³/mol. The number of sulfonamides is 1. The second-order valence-corrected chi connectivity index (χ2v) is 5.86. The molecule has 1 aromatic carbocycles. The Morgan fingerprint density at radius 2 is 1.72 bits per heavy atom. The Labute approximate surface area is 107 Å². The standard InChI is InChI=1S/C13H14N2O2S/c1-11-7-3-4-8-12(11)18(16,17)15(2)13-9-5-6-10-14-13/h3-10H,1-2H3. The largest absolute Gasteiger partial charge is 0.265 e. The van der Waals surface area contributed by atoms with E-state index in [4.69, 9.17) is 0 Å². The van der Waals surface area contributed by atoms with Crippen LogP contribution in [0.1, 0.15) is 5.56 Å². The van der Waals surface area contributed by atoms with Crippen molar-refractivity contribution in [1.82, 2.24) is 4.98 Å². The van der Waals surface area contributed by atoms with Gasteiger partial charge >= 0.3 is 0 Å². The lowest BCUT2D eigenvalue weighted by Crippen LogP contribution is -2.27. The Hall–Kier alpha value is -1.88. The van der Waals surface area contributed by atoms with Crippen LogP contribution in [0, 0.1) is 6.92 Å². The van der Waals surface area contributed by atoms with Gasteiger partial charge in [-0.05, 0) is 30.7 Å². The van der Waals surface area contributed by atoms with Crippen LogP contribution in [-0.4, -0.2) is 20.4 Å². The molecule has 5 heteroatoms. The molecule has 18 heavy (non-hydrogen) atoms. The first-order valence-corrected chi connectivity index (χ1v) is 6.93. The molecule has 2 rings (SSSR count). The fourth-order valence-electron chi connectivity index (χ4n) is 1.66. The molecule has 0 aliphatic carbocycles. The highest BCUT2D eigenvalue weighted by molar-refractivity contribution is 7.92. The molecule has 0 atom stereocenters. The third-order valence-electron chi connectivity index (χ3n) is 2.70. The van der Waals surface area contributed by atoms with Crippen LogP contribution in [0.25, 0.3) is 0 Å². The van der Waals surface area contributed by atoms with E-state index in [0.717, 1.165) is 5.56 Å². The summed E-state index contributed by atoms with van der Waals surface area (Å²) in [5.41, 5.74) is 0.722. The van der Waals surface area contributed by atoms with Gasteiger partial charge in [-0.25, -0.2) is 13.4 Å². The van der Waals surface area contributed by atoms with Crippen molar-refractivity contribution in [3.05, 3.63) is 54.2 Å². The van der Waals surface area contributed by atoms with Gasteiger partial charge in [0, 0.05) is 13.2 Å². The third kappa shape index (κ3) is 2.22. The predicted octanol–water partition coefficient (Wildman–Crippen LogP) is 2.22. The van der Waals surface area contributed by atoms with Crippen LogP contribution in [0.4, 0.5) is 5.82 Å². The van der Waals surface area contributed by atoms with Crippen molar-refractivity contribution < 1.29 is 8.42 Å². The highest BCUT2D eigenvalue weighted by Gasteiger charge is 2.23. The fourth-order valence-corrected chi connectivity index (χ4v) is 3.03. The lowest BCUT2D eigenvalue weighted by molar-refractivity contribution is 0.593. The van der Waals surface area contributed by atoms with Crippen molar-refractivity contribution in [2.45, 2.75) is 11.8 Å². The maximum Gasteiger partial charge on any atom is 0.265 e. The van der Waals surface area contributed by atoms with Crippen LogP contribution < -0.4 is 4.31 Å². The van der Waals surface area contributed by atoms with E-state index in [1.54, 1.807) is 49.5 Å². The van der Waals surface area contributed by atoms with Crippen molar-refractivity contribution in [3.8, 4) is 0 Å². The Balaban J connectivity index is 2.48. The highest BCUT2D eigenvalue weighted by Crippen LogP contribution is 2.22. The van der Waals surface area contributed by atoms with Crippen LogP contribution in [0.5, 0.6) is 0 Å². The van der Waals surface area contributed by atoms with Gasteiger partial charge in [0.2, 0.25) is 0 Å². The smallest absolute Gasteiger partial charge is 0.253 e. The quantitative estimate of drug-likeness (QED) is 0.852. The molecule has 0 fully saturated rings. The van der Waals surface area contributed by atoms with Gasteiger partial charge in [-0.15, -0.1) is 0 Å². The zero-order chi connectivity index (χ0) is 13.2. The molecule has 0 N–H and O–H groups in total. The number of rotatable bonds is 3. The average Bonchev–Trinajstić information content (AvgIpc) is 2.39. The second kappa shape index (κ2) is 4.78. The number of anilines is 1. The zero-order valence-electron chi connectivity index (χ0n) is 10.2. The van der Waals surface area contributed by atoms with Crippen molar-refractivity contribution in [2.75, 3.05) is 11.4 Å². The molecule has 0 unspecified atom stereocenters. The minimum atomic E-state index is -3.55. The zero-order valence-corrected chi connectivity index (χ0v) is 11.1. The summed E-state index contributed by atoms with van der Waals surface area (Å²) in [7, 11) is -2.05. The number of pyridine rings is 1.